The molecule has 0 radical (unpaired) electrons. The Bertz CT molecular complexity index is 1060. The van der Waals surface area contributed by atoms with Crippen molar-refractivity contribution >= 4 is 11.9 Å². The van der Waals surface area contributed by atoms with Crippen LogP contribution < -0.4 is 9.47 Å². The van der Waals surface area contributed by atoms with Gasteiger partial charge in [-0.1, -0.05) is 18.2 Å². The number of aromatic nitrogens is 2. The van der Waals surface area contributed by atoms with Gasteiger partial charge in [0.25, 0.3) is 5.91 Å². The van der Waals surface area contributed by atoms with Crippen LogP contribution in [0.15, 0.2) is 61.2 Å². The maximum atomic E-state index is 14.2. The van der Waals surface area contributed by atoms with Crippen LogP contribution in [0.5, 0.6) is 11.5 Å². The average molecular weight is 441 g/mol. The van der Waals surface area contributed by atoms with Gasteiger partial charge in [-0.05, 0) is 24.6 Å². The number of aryl methyl sites for hydroxylation is 1. The minimum absolute atomic E-state index is 0.0226. The molecule has 3 rings (SSSR count). The number of hydrogen-bond donors (Lipinski definition) is 1. The van der Waals surface area contributed by atoms with Crippen molar-refractivity contribution in [2.45, 2.75) is 19.5 Å². The van der Waals surface area contributed by atoms with Gasteiger partial charge in [0, 0.05) is 43.7 Å². The summed E-state index contributed by atoms with van der Waals surface area (Å²) in [6.07, 6.45) is 5.80. The highest BCUT2D eigenvalue weighted by molar-refractivity contribution is 5.91. The minimum Gasteiger partial charge on any atom is -0.497 e. The standard InChI is InChI=1S/C23H24FN3O5/c1-31-18-7-8-19(23(29)30)21(13-18)32-15-22(28)27(11-4-10-26-12-9-25-16-26)14-17-5-2-3-6-20(17)24/h2-3,5-9,12-13,16H,4,10-11,14-15H2,1H3,(H,29,30). The number of carbonyl (C=O) groups excluding carboxylic acids is 1. The molecule has 0 aliphatic heterocycles. The first kappa shape index (κ1) is 22.8. The zero-order valence-electron chi connectivity index (χ0n) is 17.6. The van der Waals surface area contributed by atoms with Gasteiger partial charge in [0.05, 0.1) is 13.4 Å². The Labute approximate surface area is 184 Å². The summed E-state index contributed by atoms with van der Waals surface area (Å²) in [5.41, 5.74) is 0.301. The molecule has 1 amide bonds. The van der Waals surface area contributed by atoms with E-state index in [9.17, 15) is 19.1 Å². The molecular weight excluding hydrogens is 417 g/mol. The van der Waals surface area contributed by atoms with Crippen molar-refractivity contribution in [3.8, 4) is 11.5 Å². The van der Waals surface area contributed by atoms with Crippen LogP contribution in [0.4, 0.5) is 4.39 Å². The second-order valence-corrected chi connectivity index (χ2v) is 7.02. The van der Waals surface area contributed by atoms with Crippen LogP contribution in [0.25, 0.3) is 0 Å². The van der Waals surface area contributed by atoms with Crippen LogP contribution in [0.3, 0.4) is 0 Å². The quantitative estimate of drug-likeness (QED) is 0.491. The second-order valence-electron chi connectivity index (χ2n) is 7.02. The molecule has 9 heteroatoms. The molecule has 1 heterocycles. The normalized spacial score (nSPS) is 10.6. The molecule has 0 aliphatic rings. The van der Waals surface area contributed by atoms with E-state index in [1.165, 1.54) is 36.3 Å². The molecule has 0 saturated heterocycles. The monoisotopic (exact) mass is 441 g/mol. The van der Waals surface area contributed by atoms with E-state index in [2.05, 4.69) is 4.98 Å². The predicted octanol–water partition coefficient (Wildman–Crippen LogP) is 3.23. The predicted molar refractivity (Wildman–Crippen MR) is 114 cm³/mol. The van der Waals surface area contributed by atoms with Crippen LogP contribution in [-0.4, -0.2) is 51.7 Å². The Hall–Kier alpha value is -3.88. The third kappa shape index (κ3) is 6.07. The van der Waals surface area contributed by atoms with Gasteiger partial charge < -0.3 is 24.0 Å². The summed E-state index contributed by atoms with van der Waals surface area (Å²) in [5.74, 6) is -1.55. The van der Waals surface area contributed by atoms with Crippen molar-refractivity contribution in [2.75, 3.05) is 20.3 Å². The van der Waals surface area contributed by atoms with E-state index in [-0.39, 0.29) is 17.9 Å². The fraction of sp³-hybridized carbons (Fsp3) is 0.261. The number of carboxylic acids is 1. The topological polar surface area (TPSA) is 93.9 Å². The van der Waals surface area contributed by atoms with E-state index in [0.717, 1.165) is 0 Å². The number of carbonyl (C=O) groups is 2. The first-order valence-electron chi connectivity index (χ1n) is 9.99. The molecule has 3 aromatic rings. The van der Waals surface area contributed by atoms with E-state index >= 15 is 0 Å². The molecule has 1 N–H and O–H groups in total. The summed E-state index contributed by atoms with van der Waals surface area (Å²) in [7, 11) is 1.45. The Balaban J connectivity index is 1.71. The van der Waals surface area contributed by atoms with E-state index in [1.807, 2.05) is 10.8 Å². The summed E-state index contributed by atoms with van der Waals surface area (Å²) >= 11 is 0. The highest BCUT2D eigenvalue weighted by Gasteiger charge is 2.19. The lowest BCUT2D eigenvalue weighted by atomic mass is 10.2. The molecule has 0 fully saturated rings. The highest BCUT2D eigenvalue weighted by atomic mass is 19.1. The van der Waals surface area contributed by atoms with Gasteiger partial charge in [0.1, 0.15) is 22.9 Å². The maximum absolute atomic E-state index is 14.2. The Morgan fingerprint density at radius 3 is 2.72 bits per heavy atom. The van der Waals surface area contributed by atoms with Crippen molar-refractivity contribution < 1.29 is 28.6 Å². The maximum Gasteiger partial charge on any atom is 0.339 e. The van der Waals surface area contributed by atoms with Gasteiger partial charge >= 0.3 is 5.97 Å². The number of nitrogens with zero attached hydrogens (tertiary/aromatic N) is 3. The Morgan fingerprint density at radius 2 is 2.03 bits per heavy atom. The molecule has 168 valence electrons. The van der Waals surface area contributed by atoms with E-state index in [4.69, 9.17) is 9.47 Å². The zero-order chi connectivity index (χ0) is 22.9. The smallest absolute Gasteiger partial charge is 0.339 e. The number of imidazole rings is 1. The lowest BCUT2D eigenvalue weighted by Gasteiger charge is -2.23. The third-order valence-electron chi connectivity index (χ3n) is 4.85. The highest BCUT2D eigenvalue weighted by Crippen LogP contribution is 2.25. The number of hydrogen-bond acceptors (Lipinski definition) is 5. The molecule has 0 unspecified atom stereocenters. The van der Waals surface area contributed by atoms with Gasteiger partial charge in [-0.2, -0.15) is 0 Å². The van der Waals surface area contributed by atoms with Gasteiger partial charge in [-0.15, -0.1) is 0 Å². The zero-order valence-corrected chi connectivity index (χ0v) is 17.6. The fourth-order valence-electron chi connectivity index (χ4n) is 3.14. The lowest BCUT2D eigenvalue weighted by Crippen LogP contribution is -2.36. The summed E-state index contributed by atoms with van der Waals surface area (Å²) in [6.45, 7) is 0.676. The van der Waals surface area contributed by atoms with E-state index < -0.39 is 24.3 Å². The van der Waals surface area contributed by atoms with Crippen molar-refractivity contribution in [2.24, 2.45) is 0 Å². The number of carboxylic acid groups (broad SMARTS) is 1. The van der Waals surface area contributed by atoms with Crippen LogP contribution >= 0.6 is 0 Å². The first-order chi connectivity index (χ1) is 15.5. The molecule has 1 aromatic heterocycles. The number of ether oxygens (including phenoxy) is 2. The Kier molecular flexibility index (Phi) is 7.80. The molecule has 0 atom stereocenters. The van der Waals surface area contributed by atoms with Crippen LogP contribution in [0, 0.1) is 5.82 Å². The van der Waals surface area contributed by atoms with Crippen LogP contribution in [0.2, 0.25) is 0 Å². The van der Waals surface area contributed by atoms with Gasteiger partial charge in [-0.25, -0.2) is 14.2 Å². The Morgan fingerprint density at radius 1 is 1.22 bits per heavy atom. The fourth-order valence-corrected chi connectivity index (χ4v) is 3.14. The largest absolute Gasteiger partial charge is 0.497 e. The van der Waals surface area contributed by atoms with E-state index in [0.29, 0.717) is 30.8 Å². The van der Waals surface area contributed by atoms with Crippen molar-refractivity contribution in [3.05, 3.63) is 78.1 Å². The number of benzene rings is 2. The molecule has 2 aromatic carbocycles. The average Bonchev–Trinajstić information content (AvgIpc) is 3.31. The lowest BCUT2D eigenvalue weighted by molar-refractivity contribution is -0.134. The molecule has 0 spiro atoms. The molecule has 0 aliphatic carbocycles. The number of rotatable bonds is 11. The number of aromatic carboxylic acids is 1. The molecule has 8 nitrogen and oxygen atoms in total. The third-order valence-corrected chi connectivity index (χ3v) is 4.85. The van der Waals surface area contributed by atoms with E-state index in [1.54, 1.807) is 30.7 Å². The van der Waals surface area contributed by atoms with Crippen LogP contribution in [0.1, 0.15) is 22.3 Å². The first-order valence-corrected chi connectivity index (χ1v) is 9.99. The number of halogens is 1. The molecule has 0 bridgehead atoms. The summed E-state index contributed by atoms with van der Waals surface area (Å²) in [5, 5.41) is 9.37. The summed E-state index contributed by atoms with van der Waals surface area (Å²) in [4.78, 5) is 29.9. The van der Waals surface area contributed by atoms with Crippen LogP contribution in [-0.2, 0) is 17.9 Å². The molecule has 32 heavy (non-hydrogen) atoms. The van der Waals surface area contributed by atoms with Gasteiger partial charge in [0.15, 0.2) is 6.61 Å². The number of methoxy groups -OCH3 is 1. The van der Waals surface area contributed by atoms with Gasteiger partial charge in [-0.3, -0.25) is 4.79 Å². The molecular formula is C23H24FN3O5. The summed E-state index contributed by atoms with van der Waals surface area (Å²) < 4.78 is 26.7. The minimum atomic E-state index is -1.18. The number of amides is 1. The van der Waals surface area contributed by atoms with Crippen molar-refractivity contribution in [3.63, 3.8) is 0 Å². The SMILES string of the molecule is COc1ccc(C(=O)O)c(OCC(=O)N(CCCn2ccnc2)Cc2ccccc2F)c1. The van der Waals surface area contributed by atoms with Crippen molar-refractivity contribution in [1.82, 2.24) is 14.5 Å². The van der Waals surface area contributed by atoms with Gasteiger partial charge in [0.2, 0.25) is 0 Å². The second kappa shape index (κ2) is 10.9. The molecule has 0 saturated carbocycles. The summed E-state index contributed by atoms with van der Waals surface area (Å²) in [6, 6.07) is 10.5. The van der Waals surface area contributed by atoms with Crippen molar-refractivity contribution in [1.29, 1.82) is 0 Å².